The molecule has 2 aromatic heterocycles. The number of aromatic nitrogens is 2. The Bertz CT molecular complexity index is 952. The lowest BCUT2D eigenvalue weighted by Gasteiger charge is -2.21. The van der Waals surface area contributed by atoms with Gasteiger partial charge in [-0.25, -0.2) is 8.42 Å². The quantitative estimate of drug-likeness (QED) is 0.754. The third-order valence-corrected chi connectivity index (χ3v) is 8.85. The first kappa shape index (κ1) is 19.8. The smallest absolute Gasteiger partial charge is 0.322 e. The van der Waals surface area contributed by atoms with Crippen LogP contribution in [0.25, 0.3) is 0 Å². The van der Waals surface area contributed by atoms with Crippen LogP contribution in [0.15, 0.2) is 20.8 Å². The van der Waals surface area contributed by atoms with Crippen molar-refractivity contribution in [3.63, 3.8) is 0 Å². The third kappa shape index (κ3) is 3.96. The number of nitrogens with zero attached hydrogens (tertiary/aromatic N) is 3. The summed E-state index contributed by atoms with van der Waals surface area (Å²) in [6.07, 6.45) is 6.55. The van der Waals surface area contributed by atoms with E-state index in [0.717, 1.165) is 37.0 Å². The maximum atomic E-state index is 12.9. The van der Waals surface area contributed by atoms with E-state index in [1.165, 1.54) is 22.9 Å². The van der Waals surface area contributed by atoms with Crippen LogP contribution >= 0.6 is 22.9 Å². The number of hydrogen-bond acceptors (Lipinski definition) is 7. The van der Waals surface area contributed by atoms with Crippen LogP contribution in [-0.2, 0) is 14.8 Å². The number of nitrogens with one attached hydrogen (secondary N) is 1. The summed E-state index contributed by atoms with van der Waals surface area (Å²) in [6.45, 7) is 0.285. The van der Waals surface area contributed by atoms with Crippen molar-refractivity contribution in [2.24, 2.45) is 0 Å². The maximum Gasteiger partial charge on any atom is 0.322 e. The van der Waals surface area contributed by atoms with Gasteiger partial charge in [0.25, 0.3) is 10.0 Å². The first-order valence-electron chi connectivity index (χ1n) is 9.36. The normalized spacial score (nSPS) is 21.8. The van der Waals surface area contributed by atoms with Crippen molar-refractivity contribution in [3.8, 4) is 0 Å². The second kappa shape index (κ2) is 8.10. The Kier molecular flexibility index (Phi) is 5.73. The molecule has 0 spiro atoms. The van der Waals surface area contributed by atoms with Gasteiger partial charge in [0.1, 0.15) is 10.3 Å². The van der Waals surface area contributed by atoms with Crippen LogP contribution in [0.4, 0.5) is 6.01 Å². The predicted molar refractivity (Wildman–Crippen MR) is 105 cm³/mol. The molecule has 8 nitrogen and oxygen atoms in total. The van der Waals surface area contributed by atoms with Crippen molar-refractivity contribution in [2.75, 3.05) is 11.9 Å². The monoisotopic (exact) mass is 444 g/mol. The molecule has 2 aliphatic rings. The number of thiophene rings is 1. The van der Waals surface area contributed by atoms with Gasteiger partial charge in [-0.05, 0) is 37.8 Å². The van der Waals surface area contributed by atoms with Gasteiger partial charge in [0.15, 0.2) is 0 Å². The average Bonchev–Trinajstić information content (AvgIpc) is 3.43. The minimum atomic E-state index is -3.78. The SMILES string of the molecule is O=C(Nc1nnc(C2CCCCC2)o1)C1CCCN1S(=O)(=O)c1ccc(Cl)s1. The van der Waals surface area contributed by atoms with E-state index < -0.39 is 22.0 Å². The summed E-state index contributed by atoms with van der Waals surface area (Å²) in [7, 11) is -3.78. The topological polar surface area (TPSA) is 105 Å². The van der Waals surface area contributed by atoms with E-state index >= 15 is 0 Å². The van der Waals surface area contributed by atoms with Crippen LogP contribution in [-0.4, -0.2) is 41.4 Å². The highest BCUT2D eigenvalue weighted by Gasteiger charge is 2.40. The van der Waals surface area contributed by atoms with Crippen LogP contribution in [0.5, 0.6) is 0 Å². The summed E-state index contributed by atoms with van der Waals surface area (Å²) in [5.74, 6) is 0.320. The number of carbonyl (C=O) groups excluding carboxylic acids is 1. The van der Waals surface area contributed by atoms with Gasteiger partial charge in [-0.1, -0.05) is 36.0 Å². The van der Waals surface area contributed by atoms with E-state index in [9.17, 15) is 13.2 Å². The Morgan fingerprint density at radius 2 is 1.96 bits per heavy atom. The van der Waals surface area contributed by atoms with Gasteiger partial charge in [-0.2, -0.15) is 4.31 Å². The molecule has 2 aromatic rings. The van der Waals surface area contributed by atoms with Crippen LogP contribution in [0.2, 0.25) is 4.34 Å². The number of carbonyl (C=O) groups is 1. The predicted octanol–water partition coefficient (Wildman–Crippen LogP) is 3.62. The molecule has 1 atom stereocenters. The van der Waals surface area contributed by atoms with Crippen molar-refractivity contribution >= 4 is 44.9 Å². The molecule has 0 bridgehead atoms. The van der Waals surface area contributed by atoms with Gasteiger partial charge in [-0.15, -0.1) is 16.4 Å². The zero-order valence-corrected chi connectivity index (χ0v) is 17.5. The van der Waals surface area contributed by atoms with Crippen LogP contribution < -0.4 is 5.32 Å². The fraction of sp³-hybridized carbons (Fsp3) is 0.588. The molecule has 1 unspecified atom stereocenters. The average molecular weight is 445 g/mol. The summed E-state index contributed by atoms with van der Waals surface area (Å²) in [6, 6.07) is 2.21. The molecular formula is C17H21ClN4O4S2. The summed E-state index contributed by atoms with van der Waals surface area (Å²) in [5.41, 5.74) is 0. The molecule has 2 fully saturated rings. The first-order valence-corrected chi connectivity index (χ1v) is 12.0. The summed E-state index contributed by atoms with van der Waals surface area (Å²) in [4.78, 5) is 12.7. The lowest BCUT2D eigenvalue weighted by atomic mass is 9.89. The molecule has 1 saturated heterocycles. The zero-order valence-electron chi connectivity index (χ0n) is 15.1. The Hall–Kier alpha value is -1.49. The van der Waals surface area contributed by atoms with Crippen molar-refractivity contribution in [1.82, 2.24) is 14.5 Å². The summed E-state index contributed by atoms with van der Waals surface area (Å²) in [5, 5.41) is 10.6. The van der Waals surface area contributed by atoms with Crippen molar-refractivity contribution < 1.29 is 17.6 Å². The van der Waals surface area contributed by atoms with E-state index in [0.29, 0.717) is 23.1 Å². The number of amides is 1. The molecule has 0 radical (unpaired) electrons. The molecule has 28 heavy (non-hydrogen) atoms. The fourth-order valence-electron chi connectivity index (χ4n) is 3.83. The third-order valence-electron chi connectivity index (χ3n) is 5.24. The summed E-state index contributed by atoms with van der Waals surface area (Å²) < 4.78 is 33.1. The molecule has 1 saturated carbocycles. The second-order valence-corrected chi connectivity index (χ2v) is 10.9. The van der Waals surface area contributed by atoms with Gasteiger partial charge in [-0.3, -0.25) is 10.1 Å². The summed E-state index contributed by atoms with van der Waals surface area (Å²) >= 11 is 6.86. The highest BCUT2D eigenvalue weighted by Crippen LogP contribution is 2.34. The maximum absolute atomic E-state index is 12.9. The van der Waals surface area contributed by atoms with Crippen molar-refractivity contribution in [1.29, 1.82) is 0 Å². The Labute approximate surface area is 172 Å². The Morgan fingerprint density at radius 1 is 1.18 bits per heavy atom. The Morgan fingerprint density at radius 3 is 2.68 bits per heavy atom. The van der Waals surface area contributed by atoms with E-state index in [4.69, 9.17) is 16.0 Å². The first-order chi connectivity index (χ1) is 13.4. The number of halogens is 1. The van der Waals surface area contributed by atoms with Crippen LogP contribution in [0.3, 0.4) is 0 Å². The molecule has 3 heterocycles. The van der Waals surface area contributed by atoms with Crippen molar-refractivity contribution in [3.05, 3.63) is 22.4 Å². The molecule has 1 amide bonds. The van der Waals surface area contributed by atoms with Gasteiger partial charge in [0.2, 0.25) is 11.8 Å². The highest BCUT2D eigenvalue weighted by atomic mass is 35.5. The lowest BCUT2D eigenvalue weighted by Crippen LogP contribution is -2.42. The molecule has 0 aromatic carbocycles. The molecule has 11 heteroatoms. The zero-order chi connectivity index (χ0) is 19.7. The molecule has 4 rings (SSSR count). The second-order valence-electron chi connectivity index (χ2n) is 7.10. The van der Waals surface area contributed by atoms with Gasteiger partial charge >= 0.3 is 6.01 Å². The van der Waals surface area contributed by atoms with Gasteiger partial charge in [0, 0.05) is 12.5 Å². The largest absolute Gasteiger partial charge is 0.408 e. The van der Waals surface area contributed by atoms with E-state index in [1.54, 1.807) is 0 Å². The standard InChI is InChI=1S/C17H21ClN4O4S2/c18-13-8-9-14(27-13)28(24,25)22-10-4-7-12(22)15(23)19-17-21-20-16(26-17)11-5-2-1-3-6-11/h8-9,11-12H,1-7,10H2,(H,19,21,23). The Balaban J connectivity index is 1.46. The minimum Gasteiger partial charge on any atom is -0.408 e. The number of sulfonamides is 1. The molecule has 1 aliphatic heterocycles. The highest BCUT2D eigenvalue weighted by molar-refractivity contribution is 7.91. The molecular weight excluding hydrogens is 424 g/mol. The van der Waals surface area contributed by atoms with E-state index in [-0.39, 0.29) is 22.7 Å². The molecule has 1 N–H and O–H groups in total. The van der Waals surface area contributed by atoms with Crippen LogP contribution in [0, 0.1) is 0 Å². The lowest BCUT2D eigenvalue weighted by molar-refractivity contribution is -0.119. The number of rotatable bonds is 5. The minimum absolute atomic E-state index is 0.0222. The van der Waals surface area contributed by atoms with E-state index in [1.807, 2.05) is 0 Å². The van der Waals surface area contributed by atoms with Gasteiger partial charge < -0.3 is 4.42 Å². The number of anilines is 1. The van der Waals surface area contributed by atoms with Gasteiger partial charge in [0.05, 0.1) is 4.34 Å². The van der Waals surface area contributed by atoms with E-state index in [2.05, 4.69) is 15.5 Å². The number of hydrogen-bond donors (Lipinski definition) is 1. The van der Waals surface area contributed by atoms with Crippen molar-refractivity contribution in [2.45, 2.75) is 61.1 Å². The molecule has 1 aliphatic carbocycles. The fourth-order valence-corrected chi connectivity index (χ4v) is 7.10. The van der Waals surface area contributed by atoms with Crippen LogP contribution in [0.1, 0.15) is 56.8 Å². The molecule has 152 valence electrons.